The molecule has 3 aromatic carbocycles. The summed E-state index contributed by atoms with van der Waals surface area (Å²) in [6.45, 7) is 0. The number of nitrogens with zero attached hydrogens (tertiary/aromatic N) is 2. The second kappa shape index (κ2) is 9.41. The Morgan fingerprint density at radius 3 is 2.44 bits per heavy atom. The number of hydrogen-bond acceptors (Lipinski definition) is 7. The Morgan fingerprint density at radius 2 is 1.65 bits per heavy atom. The van der Waals surface area contributed by atoms with Gasteiger partial charge in [-0.15, -0.1) is 0 Å². The maximum Gasteiger partial charge on any atom is 0.363 e. The molecule has 0 bridgehead atoms. The van der Waals surface area contributed by atoms with Gasteiger partial charge in [-0.2, -0.15) is 0 Å². The molecule has 0 aliphatic carbocycles. The van der Waals surface area contributed by atoms with Crippen LogP contribution < -0.4 is 9.47 Å². The summed E-state index contributed by atoms with van der Waals surface area (Å²) in [6.07, 6.45) is 1.72. The first-order valence-corrected chi connectivity index (χ1v) is 11.3. The number of aromatic nitrogens is 1. The number of methoxy groups -OCH3 is 2. The number of cyclic esters (lactones) is 1. The number of benzene rings is 3. The lowest BCUT2D eigenvalue weighted by Gasteiger charge is -2.08. The number of ether oxygens (including phenoxy) is 3. The minimum atomic E-state index is -0.520. The molecule has 0 atom stereocenters. The molecular formula is C27H20N2O4S. The molecule has 34 heavy (non-hydrogen) atoms. The number of hydrogen-bond donors (Lipinski definition) is 0. The second-order valence-corrected chi connectivity index (χ2v) is 8.46. The number of para-hydroxylation sites is 1. The minimum absolute atomic E-state index is 0.205. The van der Waals surface area contributed by atoms with Crippen molar-refractivity contribution in [3.05, 3.63) is 95.7 Å². The van der Waals surface area contributed by atoms with E-state index < -0.39 is 5.97 Å². The van der Waals surface area contributed by atoms with Crippen molar-refractivity contribution >= 4 is 40.6 Å². The van der Waals surface area contributed by atoms with Crippen LogP contribution in [0.2, 0.25) is 0 Å². The zero-order valence-corrected chi connectivity index (χ0v) is 19.3. The lowest BCUT2D eigenvalue weighted by atomic mass is 10.1. The zero-order valence-electron chi connectivity index (χ0n) is 18.5. The quantitative estimate of drug-likeness (QED) is 0.265. The SMILES string of the molecule is COc1ccc(C2=NC(=Cc3cc4ccccc4nc3Sc3ccccc3)C(=O)O2)cc1OC. The van der Waals surface area contributed by atoms with Crippen molar-refractivity contribution in [1.29, 1.82) is 0 Å². The summed E-state index contributed by atoms with van der Waals surface area (Å²) in [6, 6.07) is 25.1. The van der Waals surface area contributed by atoms with Gasteiger partial charge in [-0.1, -0.05) is 48.2 Å². The summed E-state index contributed by atoms with van der Waals surface area (Å²) in [5.74, 6) is 0.796. The van der Waals surface area contributed by atoms with Crippen molar-refractivity contribution in [3.8, 4) is 11.5 Å². The monoisotopic (exact) mass is 468 g/mol. The molecule has 168 valence electrons. The molecule has 0 saturated carbocycles. The molecule has 0 unspecified atom stereocenters. The van der Waals surface area contributed by atoms with E-state index in [-0.39, 0.29) is 11.6 Å². The lowest BCUT2D eigenvalue weighted by Crippen LogP contribution is -2.06. The molecule has 0 N–H and O–H groups in total. The predicted octanol–water partition coefficient (Wildman–Crippen LogP) is 5.75. The van der Waals surface area contributed by atoms with E-state index in [0.29, 0.717) is 17.1 Å². The molecule has 7 heteroatoms. The number of carbonyl (C=O) groups excluding carboxylic acids is 1. The number of carbonyl (C=O) groups is 1. The fraction of sp³-hybridized carbons (Fsp3) is 0.0741. The van der Waals surface area contributed by atoms with E-state index in [1.807, 2.05) is 60.7 Å². The fourth-order valence-electron chi connectivity index (χ4n) is 3.55. The van der Waals surface area contributed by atoms with Crippen LogP contribution in [0, 0.1) is 0 Å². The third-order valence-corrected chi connectivity index (χ3v) is 6.25. The number of pyridine rings is 1. The van der Waals surface area contributed by atoms with Crippen molar-refractivity contribution in [1.82, 2.24) is 4.98 Å². The van der Waals surface area contributed by atoms with Crippen molar-refractivity contribution in [3.63, 3.8) is 0 Å². The molecule has 0 radical (unpaired) electrons. The van der Waals surface area contributed by atoms with E-state index in [4.69, 9.17) is 19.2 Å². The van der Waals surface area contributed by atoms with Gasteiger partial charge in [0.05, 0.1) is 19.7 Å². The van der Waals surface area contributed by atoms with E-state index in [9.17, 15) is 4.79 Å². The molecule has 1 aliphatic rings. The highest BCUT2D eigenvalue weighted by molar-refractivity contribution is 7.99. The molecule has 4 aromatic rings. The van der Waals surface area contributed by atoms with Gasteiger partial charge in [-0.25, -0.2) is 14.8 Å². The topological polar surface area (TPSA) is 70.0 Å². The summed E-state index contributed by atoms with van der Waals surface area (Å²) in [5.41, 5.74) is 2.49. The highest BCUT2D eigenvalue weighted by atomic mass is 32.2. The highest BCUT2D eigenvalue weighted by Gasteiger charge is 2.25. The summed E-state index contributed by atoms with van der Waals surface area (Å²) in [5, 5.41) is 1.75. The Bertz CT molecular complexity index is 1450. The summed E-state index contributed by atoms with van der Waals surface area (Å²) >= 11 is 1.53. The average molecular weight is 469 g/mol. The normalized spacial score (nSPS) is 14.2. The number of aliphatic imine (C=N–C) groups is 1. The number of rotatable bonds is 6. The third kappa shape index (κ3) is 4.38. The van der Waals surface area contributed by atoms with E-state index in [2.05, 4.69) is 4.99 Å². The molecular weight excluding hydrogens is 448 g/mol. The van der Waals surface area contributed by atoms with E-state index in [0.717, 1.165) is 26.4 Å². The van der Waals surface area contributed by atoms with Gasteiger partial charge in [0.1, 0.15) is 5.03 Å². The third-order valence-electron chi connectivity index (χ3n) is 5.22. The molecule has 6 nitrogen and oxygen atoms in total. The minimum Gasteiger partial charge on any atom is -0.493 e. The molecule has 0 fully saturated rings. The summed E-state index contributed by atoms with van der Waals surface area (Å²) < 4.78 is 16.1. The first-order chi connectivity index (χ1) is 16.6. The van der Waals surface area contributed by atoms with Gasteiger partial charge in [-0.05, 0) is 48.5 Å². The van der Waals surface area contributed by atoms with Crippen LogP contribution in [-0.4, -0.2) is 31.1 Å². The Balaban J connectivity index is 1.56. The molecule has 5 rings (SSSR count). The molecule has 0 spiro atoms. The van der Waals surface area contributed by atoms with Crippen molar-refractivity contribution in [2.45, 2.75) is 9.92 Å². The fourth-order valence-corrected chi connectivity index (χ4v) is 4.45. The van der Waals surface area contributed by atoms with Crippen molar-refractivity contribution < 1.29 is 19.0 Å². The van der Waals surface area contributed by atoms with Crippen molar-refractivity contribution in [2.24, 2.45) is 4.99 Å². The highest BCUT2D eigenvalue weighted by Crippen LogP contribution is 2.34. The Morgan fingerprint density at radius 1 is 0.882 bits per heavy atom. The van der Waals surface area contributed by atoms with Crippen LogP contribution in [0.15, 0.2) is 99.5 Å². The maximum atomic E-state index is 12.7. The first-order valence-electron chi connectivity index (χ1n) is 10.5. The van der Waals surface area contributed by atoms with Gasteiger partial charge in [0.25, 0.3) is 0 Å². The lowest BCUT2D eigenvalue weighted by molar-refractivity contribution is -0.129. The van der Waals surface area contributed by atoms with Gasteiger partial charge in [-0.3, -0.25) is 0 Å². The average Bonchev–Trinajstić information content (AvgIpc) is 3.24. The van der Waals surface area contributed by atoms with Gasteiger partial charge < -0.3 is 14.2 Å². The van der Waals surface area contributed by atoms with E-state index in [1.54, 1.807) is 38.5 Å². The Labute approximate surface area is 200 Å². The van der Waals surface area contributed by atoms with Crippen molar-refractivity contribution in [2.75, 3.05) is 14.2 Å². The maximum absolute atomic E-state index is 12.7. The van der Waals surface area contributed by atoms with Crippen LogP contribution in [0.25, 0.3) is 17.0 Å². The zero-order chi connectivity index (χ0) is 23.5. The molecule has 1 aliphatic heterocycles. The van der Waals surface area contributed by atoms with Crippen LogP contribution in [0.1, 0.15) is 11.1 Å². The number of fused-ring (bicyclic) bond motifs is 1. The first kappa shape index (κ1) is 21.7. The smallest absolute Gasteiger partial charge is 0.363 e. The predicted molar refractivity (Wildman–Crippen MR) is 132 cm³/mol. The van der Waals surface area contributed by atoms with Gasteiger partial charge >= 0.3 is 5.97 Å². The van der Waals surface area contributed by atoms with Gasteiger partial charge in [0, 0.05) is 21.4 Å². The van der Waals surface area contributed by atoms with Gasteiger partial charge in [0.2, 0.25) is 5.90 Å². The standard InChI is InChI=1S/C27H20N2O4S/c1-31-23-13-12-18(16-24(23)32-2)25-28-22(27(30)33-25)15-19-14-17-8-6-7-11-21(17)29-26(19)34-20-9-4-3-5-10-20/h3-16H,1-2H3. The van der Waals surface area contributed by atoms with Crippen LogP contribution in [0.4, 0.5) is 0 Å². The Hall–Kier alpha value is -4.10. The number of esters is 1. The van der Waals surface area contributed by atoms with Crippen LogP contribution >= 0.6 is 11.8 Å². The van der Waals surface area contributed by atoms with E-state index >= 15 is 0 Å². The summed E-state index contributed by atoms with van der Waals surface area (Å²) in [7, 11) is 3.11. The molecule has 0 amide bonds. The van der Waals surface area contributed by atoms with Gasteiger partial charge in [0.15, 0.2) is 17.2 Å². The molecule has 2 heterocycles. The van der Waals surface area contributed by atoms with E-state index in [1.165, 1.54) is 11.8 Å². The molecule has 0 saturated heterocycles. The summed E-state index contributed by atoms with van der Waals surface area (Å²) in [4.78, 5) is 23.0. The van der Waals surface area contributed by atoms with Crippen LogP contribution in [0.5, 0.6) is 11.5 Å². The Kier molecular flexibility index (Phi) is 6.01. The van der Waals surface area contributed by atoms with Crippen LogP contribution in [0.3, 0.4) is 0 Å². The molecule has 1 aromatic heterocycles. The second-order valence-electron chi connectivity index (χ2n) is 7.40. The largest absolute Gasteiger partial charge is 0.493 e. The van der Waals surface area contributed by atoms with Crippen LogP contribution in [-0.2, 0) is 9.53 Å².